The number of nitro benzene ring substituents is 1. The van der Waals surface area contributed by atoms with Gasteiger partial charge in [0.25, 0.3) is 5.69 Å². The Kier molecular flexibility index (Phi) is 6.56. The molecule has 0 N–H and O–H groups in total. The number of carbonyl (C=O) groups is 2. The third-order valence-corrected chi connectivity index (χ3v) is 4.55. The van der Waals surface area contributed by atoms with Gasteiger partial charge in [0.15, 0.2) is 6.61 Å². The van der Waals surface area contributed by atoms with E-state index in [1.54, 1.807) is 25.1 Å². The van der Waals surface area contributed by atoms with E-state index in [0.29, 0.717) is 11.3 Å². The summed E-state index contributed by atoms with van der Waals surface area (Å²) in [7, 11) is 3.43. The van der Waals surface area contributed by atoms with E-state index in [4.69, 9.17) is 4.74 Å². The first-order chi connectivity index (χ1) is 13.2. The Balaban J connectivity index is 2.20. The van der Waals surface area contributed by atoms with Crippen LogP contribution in [-0.2, 0) is 11.3 Å². The fraction of sp³-hybridized carbons (Fsp3) is 0.400. The number of carbonyl (C=O) groups excluding carboxylic acids is 2. The van der Waals surface area contributed by atoms with Crippen LogP contribution in [0.25, 0.3) is 0 Å². The smallest absolute Gasteiger partial charge is 0.340 e. The van der Waals surface area contributed by atoms with Gasteiger partial charge < -0.3 is 14.2 Å². The summed E-state index contributed by atoms with van der Waals surface area (Å²) >= 11 is 0. The summed E-state index contributed by atoms with van der Waals surface area (Å²) in [4.78, 5) is 37.2. The average Bonchev–Trinajstić information content (AvgIpc) is 2.93. The van der Waals surface area contributed by atoms with Crippen LogP contribution in [0.1, 0.15) is 45.4 Å². The molecule has 0 amide bonds. The van der Waals surface area contributed by atoms with E-state index in [9.17, 15) is 19.7 Å². The minimum atomic E-state index is -0.775. The maximum atomic E-state index is 12.6. The first-order valence-electron chi connectivity index (χ1n) is 9.00. The monoisotopic (exact) mass is 387 g/mol. The van der Waals surface area contributed by atoms with E-state index in [1.807, 2.05) is 13.8 Å². The summed E-state index contributed by atoms with van der Waals surface area (Å²) in [6.45, 7) is 6.24. The van der Waals surface area contributed by atoms with Crippen molar-refractivity contribution < 1.29 is 19.2 Å². The third kappa shape index (κ3) is 4.39. The van der Waals surface area contributed by atoms with E-state index in [-0.39, 0.29) is 17.0 Å². The van der Waals surface area contributed by atoms with Crippen molar-refractivity contribution in [3.8, 4) is 0 Å². The molecule has 150 valence electrons. The Bertz CT molecular complexity index is 915. The van der Waals surface area contributed by atoms with Crippen LogP contribution in [0.15, 0.2) is 24.3 Å². The number of benzene rings is 1. The van der Waals surface area contributed by atoms with Gasteiger partial charge in [-0.1, -0.05) is 6.92 Å². The normalized spacial score (nSPS) is 10.6. The zero-order chi connectivity index (χ0) is 21.0. The van der Waals surface area contributed by atoms with Crippen molar-refractivity contribution in [3.63, 3.8) is 0 Å². The van der Waals surface area contributed by atoms with Crippen LogP contribution < -0.4 is 4.90 Å². The maximum absolute atomic E-state index is 12.6. The number of non-ortho nitro benzene ring substituents is 1. The molecule has 1 aromatic heterocycles. The lowest BCUT2D eigenvalue weighted by Crippen LogP contribution is -2.19. The van der Waals surface area contributed by atoms with Gasteiger partial charge in [-0.05, 0) is 32.4 Å². The number of rotatable bonds is 8. The summed E-state index contributed by atoms with van der Waals surface area (Å²) in [5.41, 5.74) is 2.64. The fourth-order valence-electron chi connectivity index (χ4n) is 3.13. The topological polar surface area (TPSA) is 94.7 Å². The van der Waals surface area contributed by atoms with E-state index < -0.39 is 17.5 Å². The highest BCUT2D eigenvalue weighted by molar-refractivity contribution is 6.02. The Morgan fingerprint density at radius 3 is 2.43 bits per heavy atom. The zero-order valence-corrected chi connectivity index (χ0v) is 16.8. The van der Waals surface area contributed by atoms with Crippen LogP contribution in [0, 0.1) is 24.0 Å². The molecule has 1 heterocycles. The molecule has 28 heavy (non-hydrogen) atoms. The van der Waals surface area contributed by atoms with Crippen molar-refractivity contribution in [3.05, 3.63) is 56.9 Å². The Hall–Kier alpha value is -3.16. The molecular formula is C20H25N3O5. The van der Waals surface area contributed by atoms with Gasteiger partial charge in [-0.3, -0.25) is 14.9 Å². The molecule has 0 saturated heterocycles. The van der Waals surface area contributed by atoms with Gasteiger partial charge in [-0.2, -0.15) is 0 Å². The quantitative estimate of drug-likeness (QED) is 0.298. The molecule has 0 bridgehead atoms. The van der Waals surface area contributed by atoms with Crippen LogP contribution in [0.2, 0.25) is 0 Å². The zero-order valence-electron chi connectivity index (χ0n) is 16.8. The highest BCUT2D eigenvalue weighted by Gasteiger charge is 2.22. The van der Waals surface area contributed by atoms with Gasteiger partial charge in [-0.25, -0.2) is 4.79 Å². The third-order valence-electron chi connectivity index (χ3n) is 4.55. The SMILES string of the molecule is CCCn1c(C)cc(C(=O)COC(=O)c2cc([N+](=O)[O-])ccc2N(C)C)c1C. The number of ketones is 1. The first-order valence-corrected chi connectivity index (χ1v) is 9.00. The van der Waals surface area contributed by atoms with E-state index in [0.717, 1.165) is 30.4 Å². The molecule has 8 nitrogen and oxygen atoms in total. The lowest BCUT2D eigenvalue weighted by atomic mass is 10.1. The van der Waals surface area contributed by atoms with Crippen molar-refractivity contribution in [2.75, 3.05) is 25.6 Å². The second kappa shape index (κ2) is 8.69. The molecule has 0 fully saturated rings. The molecule has 0 aliphatic carbocycles. The van der Waals surface area contributed by atoms with Gasteiger partial charge >= 0.3 is 5.97 Å². The predicted octanol–water partition coefficient (Wildman–Crippen LogP) is 3.53. The van der Waals surface area contributed by atoms with Gasteiger partial charge in [0.2, 0.25) is 5.78 Å². The highest BCUT2D eigenvalue weighted by Crippen LogP contribution is 2.25. The number of Topliss-reactive ketones (excluding diaryl/α,β-unsaturated/α-hetero) is 1. The lowest BCUT2D eigenvalue weighted by molar-refractivity contribution is -0.384. The first kappa shape index (κ1) is 21.1. The minimum absolute atomic E-state index is 0.0449. The van der Waals surface area contributed by atoms with Crippen LogP contribution in [0.5, 0.6) is 0 Å². The summed E-state index contributed by atoms with van der Waals surface area (Å²) in [5, 5.41) is 11.0. The molecule has 2 rings (SSSR count). The summed E-state index contributed by atoms with van der Waals surface area (Å²) in [6, 6.07) is 5.75. The van der Waals surface area contributed by atoms with Gasteiger partial charge in [-0.15, -0.1) is 0 Å². The van der Waals surface area contributed by atoms with Crippen molar-refractivity contribution in [2.45, 2.75) is 33.7 Å². The summed E-state index contributed by atoms with van der Waals surface area (Å²) in [5.74, 6) is -1.08. The average molecular weight is 387 g/mol. The number of nitro groups is 1. The number of ether oxygens (including phenoxy) is 1. The summed E-state index contributed by atoms with van der Waals surface area (Å²) in [6.07, 6.45) is 0.944. The summed E-state index contributed by atoms with van der Waals surface area (Å²) < 4.78 is 7.24. The molecule has 2 aromatic rings. The molecule has 0 spiro atoms. The standard InChI is InChI=1S/C20H25N3O5/c1-6-9-22-13(2)10-16(14(22)3)19(24)12-28-20(25)17-11-15(23(26)27)7-8-18(17)21(4)5/h7-8,10-11H,6,9,12H2,1-5H3. The number of esters is 1. The Morgan fingerprint density at radius 1 is 1.18 bits per heavy atom. The van der Waals surface area contributed by atoms with Gasteiger partial charge in [0.1, 0.15) is 0 Å². The van der Waals surface area contributed by atoms with Crippen LogP contribution in [0.4, 0.5) is 11.4 Å². The van der Waals surface area contributed by atoms with Gasteiger partial charge in [0, 0.05) is 49.7 Å². The molecule has 0 aliphatic rings. The maximum Gasteiger partial charge on any atom is 0.340 e. The van der Waals surface area contributed by atoms with Crippen LogP contribution in [0.3, 0.4) is 0 Å². The van der Waals surface area contributed by atoms with E-state index in [1.165, 1.54) is 12.1 Å². The number of nitrogens with zero attached hydrogens (tertiary/aromatic N) is 3. The Labute approximate surface area is 163 Å². The Morgan fingerprint density at radius 2 is 1.86 bits per heavy atom. The molecule has 1 aromatic carbocycles. The van der Waals surface area contributed by atoms with Crippen molar-refractivity contribution in [1.82, 2.24) is 4.57 Å². The molecule has 0 atom stereocenters. The van der Waals surface area contributed by atoms with E-state index >= 15 is 0 Å². The second-order valence-electron chi connectivity index (χ2n) is 6.79. The molecule has 0 unspecified atom stereocenters. The number of aryl methyl sites for hydroxylation is 1. The number of aromatic nitrogens is 1. The molecule has 8 heteroatoms. The van der Waals surface area contributed by atoms with Crippen LogP contribution >= 0.6 is 0 Å². The second-order valence-corrected chi connectivity index (χ2v) is 6.79. The predicted molar refractivity (Wildman–Crippen MR) is 106 cm³/mol. The lowest BCUT2D eigenvalue weighted by Gasteiger charge is -2.16. The molecule has 0 aliphatic heterocycles. The van der Waals surface area contributed by atoms with Crippen LogP contribution in [-0.4, -0.2) is 41.9 Å². The highest BCUT2D eigenvalue weighted by atomic mass is 16.6. The molecular weight excluding hydrogens is 362 g/mol. The number of hydrogen-bond donors (Lipinski definition) is 0. The number of anilines is 1. The van der Waals surface area contributed by atoms with Crippen molar-refractivity contribution in [1.29, 1.82) is 0 Å². The molecule has 0 radical (unpaired) electrons. The van der Waals surface area contributed by atoms with Crippen molar-refractivity contribution >= 4 is 23.1 Å². The minimum Gasteiger partial charge on any atom is -0.454 e. The van der Waals surface area contributed by atoms with Gasteiger partial charge in [0.05, 0.1) is 16.2 Å². The number of hydrogen-bond acceptors (Lipinski definition) is 6. The molecule has 0 saturated carbocycles. The fourth-order valence-corrected chi connectivity index (χ4v) is 3.13. The largest absolute Gasteiger partial charge is 0.454 e. The van der Waals surface area contributed by atoms with E-state index in [2.05, 4.69) is 11.5 Å². The van der Waals surface area contributed by atoms with Crippen molar-refractivity contribution in [2.24, 2.45) is 0 Å².